The number of carbonyl (C=O) groups is 3. The van der Waals surface area contributed by atoms with Crippen LogP contribution in [0.15, 0.2) is 0 Å². The van der Waals surface area contributed by atoms with Crippen LogP contribution in [0.2, 0.25) is 0 Å². The molecule has 7 nitrogen and oxygen atoms in total. The third kappa shape index (κ3) is 7.62. The van der Waals surface area contributed by atoms with Gasteiger partial charge in [-0.2, -0.15) is 0 Å². The molecule has 0 bridgehead atoms. The van der Waals surface area contributed by atoms with E-state index >= 15 is 0 Å². The summed E-state index contributed by atoms with van der Waals surface area (Å²) in [4.78, 5) is 35.0. The molecule has 0 aromatic heterocycles. The van der Waals surface area contributed by atoms with Crippen LogP contribution in [-0.4, -0.2) is 48.3 Å². The highest BCUT2D eigenvalue weighted by Crippen LogP contribution is 2.18. The smallest absolute Gasteiger partial charge is 0.416 e. The molecule has 2 atom stereocenters. The predicted octanol–water partition coefficient (Wildman–Crippen LogP) is 4.00. The maximum atomic E-state index is 11.9. The predicted molar refractivity (Wildman–Crippen MR) is 98.8 cm³/mol. The van der Waals surface area contributed by atoms with Gasteiger partial charge in [0.05, 0.1) is 12.1 Å². The summed E-state index contributed by atoms with van der Waals surface area (Å²) in [5.41, 5.74) is 0. The summed E-state index contributed by atoms with van der Waals surface area (Å²) in [6.45, 7) is 7.07. The lowest BCUT2D eigenvalue weighted by molar-refractivity contribution is -0.129. The van der Waals surface area contributed by atoms with Gasteiger partial charge in [0.15, 0.2) is 0 Å². The summed E-state index contributed by atoms with van der Waals surface area (Å²) in [6, 6.07) is 0.201. The van der Waals surface area contributed by atoms with Crippen LogP contribution in [0.25, 0.3) is 0 Å². The molecule has 0 aliphatic carbocycles. The normalized spacial score (nSPS) is 21.6. The van der Waals surface area contributed by atoms with Crippen molar-refractivity contribution in [2.75, 3.05) is 13.2 Å². The van der Waals surface area contributed by atoms with E-state index in [1.165, 1.54) is 30.6 Å². The van der Waals surface area contributed by atoms with Gasteiger partial charge in [-0.05, 0) is 19.3 Å². The Hall–Kier alpha value is -1.79. The van der Waals surface area contributed by atoms with E-state index in [-0.39, 0.29) is 24.1 Å². The number of nitrogens with one attached hydrogen (secondary N) is 1. The lowest BCUT2D eigenvalue weighted by Gasteiger charge is -2.17. The molecule has 0 spiro atoms. The van der Waals surface area contributed by atoms with Crippen LogP contribution in [0.5, 0.6) is 0 Å². The van der Waals surface area contributed by atoms with Crippen molar-refractivity contribution in [3.8, 4) is 0 Å². The molecule has 26 heavy (non-hydrogen) atoms. The number of amides is 3. The Morgan fingerprint density at radius 2 is 1.69 bits per heavy atom. The molecule has 2 rings (SSSR count). The number of hydrogen-bond donors (Lipinski definition) is 1. The number of nitrogens with zero attached hydrogens (tertiary/aromatic N) is 1. The first-order valence-corrected chi connectivity index (χ1v) is 9.95. The molecule has 1 N–H and O–H groups in total. The number of alkyl carbamates (subject to hydrolysis) is 1. The molecule has 150 valence electrons. The van der Waals surface area contributed by atoms with Gasteiger partial charge in [-0.25, -0.2) is 14.5 Å². The average molecular weight is 370 g/mol. The number of rotatable bonds is 9. The molecule has 0 saturated carbocycles. The van der Waals surface area contributed by atoms with Gasteiger partial charge in [0.2, 0.25) is 5.91 Å². The topological polar surface area (TPSA) is 84.9 Å². The fraction of sp³-hybridized carbons (Fsp3) is 0.842. The first-order chi connectivity index (χ1) is 12.5. The van der Waals surface area contributed by atoms with Gasteiger partial charge in [0.1, 0.15) is 13.2 Å². The van der Waals surface area contributed by atoms with Gasteiger partial charge < -0.3 is 14.8 Å². The maximum absolute atomic E-state index is 11.9. The zero-order chi connectivity index (χ0) is 19.4. The Kier molecular flexibility index (Phi) is 10.7. The highest BCUT2D eigenvalue weighted by molar-refractivity contribution is 5.93. The quantitative estimate of drug-likeness (QED) is 0.620. The van der Waals surface area contributed by atoms with E-state index in [0.717, 1.165) is 25.7 Å². The van der Waals surface area contributed by atoms with Crippen LogP contribution in [0.3, 0.4) is 0 Å². The molecule has 2 aliphatic rings. The van der Waals surface area contributed by atoms with E-state index < -0.39 is 6.09 Å². The Morgan fingerprint density at radius 3 is 2.23 bits per heavy atom. The minimum Gasteiger partial charge on any atom is -0.447 e. The van der Waals surface area contributed by atoms with E-state index in [1.54, 1.807) is 0 Å². The second-order valence-corrected chi connectivity index (χ2v) is 6.77. The molecule has 0 aromatic carbocycles. The zero-order valence-electron chi connectivity index (χ0n) is 16.4. The summed E-state index contributed by atoms with van der Waals surface area (Å²) in [6.07, 6.45) is 8.33. The number of cyclic esters (lactones) is 2. The molecule has 2 aliphatic heterocycles. The van der Waals surface area contributed by atoms with E-state index in [1.807, 2.05) is 13.8 Å². The monoisotopic (exact) mass is 370 g/mol. The van der Waals surface area contributed by atoms with E-state index in [4.69, 9.17) is 4.74 Å². The first-order valence-electron chi connectivity index (χ1n) is 9.95. The van der Waals surface area contributed by atoms with Crippen LogP contribution in [-0.2, 0) is 14.3 Å². The Morgan fingerprint density at radius 1 is 1.00 bits per heavy atom. The van der Waals surface area contributed by atoms with Crippen LogP contribution in [0.1, 0.15) is 78.6 Å². The van der Waals surface area contributed by atoms with Crippen molar-refractivity contribution in [2.45, 2.75) is 90.6 Å². The van der Waals surface area contributed by atoms with E-state index in [2.05, 4.69) is 17.0 Å². The zero-order valence-corrected chi connectivity index (χ0v) is 16.4. The third-order valence-corrected chi connectivity index (χ3v) is 4.68. The number of ether oxygens (including phenoxy) is 2. The number of hydrogen-bond acceptors (Lipinski definition) is 5. The Balaban J connectivity index is 0.000000350. The fourth-order valence-electron chi connectivity index (χ4n) is 2.89. The lowest BCUT2D eigenvalue weighted by atomic mass is 10.1. The number of unbranched alkanes of at least 4 members (excludes halogenated alkanes) is 5. The molecule has 3 amide bonds. The van der Waals surface area contributed by atoms with Crippen LogP contribution in [0, 0.1) is 0 Å². The molecule has 0 unspecified atom stereocenters. The van der Waals surface area contributed by atoms with Crippen molar-refractivity contribution >= 4 is 18.1 Å². The minimum absolute atomic E-state index is 0.0508. The van der Waals surface area contributed by atoms with Crippen LogP contribution < -0.4 is 5.32 Å². The summed E-state index contributed by atoms with van der Waals surface area (Å²) in [5.74, 6) is -0.0696. The van der Waals surface area contributed by atoms with Crippen molar-refractivity contribution < 1.29 is 23.9 Å². The average Bonchev–Trinajstić information content (AvgIpc) is 3.23. The molecular weight excluding hydrogens is 336 g/mol. The highest BCUT2D eigenvalue weighted by Gasteiger charge is 2.36. The van der Waals surface area contributed by atoms with Crippen molar-refractivity contribution in [3.05, 3.63) is 0 Å². The minimum atomic E-state index is -0.460. The van der Waals surface area contributed by atoms with Crippen LogP contribution in [0.4, 0.5) is 9.59 Å². The maximum Gasteiger partial charge on any atom is 0.416 e. The van der Waals surface area contributed by atoms with Crippen molar-refractivity contribution in [1.82, 2.24) is 10.2 Å². The third-order valence-electron chi connectivity index (χ3n) is 4.68. The van der Waals surface area contributed by atoms with Crippen molar-refractivity contribution in [1.29, 1.82) is 0 Å². The largest absolute Gasteiger partial charge is 0.447 e. The van der Waals surface area contributed by atoms with Gasteiger partial charge in [0.25, 0.3) is 0 Å². The lowest BCUT2D eigenvalue weighted by Crippen LogP contribution is -2.38. The molecule has 2 fully saturated rings. The van der Waals surface area contributed by atoms with E-state index in [0.29, 0.717) is 19.6 Å². The van der Waals surface area contributed by atoms with Gasteiger partial charge in [-0.15, -0.1) is 0 Å². The second-order valence-electron chi connectivity index (χ2n) is 6.77. The highest BCUT2D eigenvalue weighted by atomic mass is 16.6. The van der Waals surface area contributed by atoms with Gasteiger partial charge in [-0.1, -0.05) is 52.9 Å². The van der Waals surface area contributed by atoms with Gasteiger partial charge in [0, 0.05) is 6.42 Å². The Bertz CT molecular complexity index is 455. The van der Waals surface area contributed by atoms with Crippen molar-refractivity contribution in [3.63, 3.8) is 0 Å². The first kappa shape index (κ1) is 22.3. The molecule has 2 saturated heterocycles. The van der Waals surface area contributed by atoms with E-state index in [9.17, 15) is 14.4 Å². The summed E-state index contributed by atoms with van der Waals surface area (Å²) < 4.78 is 9.52. The number of carbonyl (C=O) groups excluding carboxylic acids is 3. The standard InChI is InChI=1S/C14H25NO3.C5H9NO2/c1-3-5-6-7-8-9-10-13(16)15-12(4-2)11-18-14(15)17;1-2-4-3-8-5(7)6-4/h12H,3-11H2,1-2H3;4H,2-3H2,1H3,(H,6,7)/t12-;4-/m00/s1. The van der Waals surface area contributed by atoms with Crippen molar-refractivity contribution in [2.24, 2.45) is 0 Å². The second kappa shape index (κ2) is 12.5. The van der Waals surface area contributed by atoms with Crippen LogP contribution >= 0.6 is 0 Å². The Labute approximate surface area is 156 Å². The molecular formula is C19H34N2O5. The van der Waals surface area contributed by atoms with Gasteiger partial charge >= 0.3 is 12.2 Å². The summed E-state index contributed by atoms with van der Waals surface area (Å²) in [7, 11) is 0. The molecule has 0 radical (unpaired) electrons. The molecule has 2 heterocycles. The van der Waals surface area contributed by atoms with Gasteiger partial charge in [-0.3, -0.25) is 4.79 Å². The summed E-state index contributed by atoms with van der Waals surface area (Å²) in [5, 5.41) is 2.64. The summed E-state index contributed by atoms with van der Waals surface area (Å²) >= 11 is 0. The SMILES string of the molecule is CCCCCCCCC(=O)N1C(=O)OC[C@@H]1CC.CC[C@H]1COC(=O)N1. The molecule has 7 heteroatoms. The fourth-order valence-corrected chi connectivity index (χ4v) is 2.89. The number of imide groups is 1. The molecule has 0 aromatic rings.